The van der Waals surface area contributed by atoms with Gasteiger partial charge in [0.25, 0.3) is 0 Å². The van der Waals surface area contributed by atoms with Crippen molar-refractivity contribution in [1.29, 1.82) is 0 Å². The first-order chi connectivity index (χ1) is 7.97. The Labute approximate surface area is 102 Å². The summed E-state index contributed by atoms with van der Waals surface area (Å²) in [5, 5.41) is 11.0. The van der Waals surface area contributed by atoms with Crippen molar-refractivity contribution in [2.75, 3.05) is 33.4 Å². The van der Waals surface area contributed by atoms with Gasteiger partial charge in [0.1, 0.15) is 6.61 Å². The van der Waals surface area contributed by atoms with Crippen molar-refractivity contribution in [2.45, 2.75) is 20.3 Å². The molecule has 0 heterocycles. The minimum absolute atomic E-state index is 0.163. The highest BCUT2D eigenvalue weighted by Gasteiger charge is 2.10. The Bertz CT molecular complexity index is 246. The fourth-order valence-electron chi connectivity index (χ4n) is 1.20. The molecule has 2 N–H and O–H groups in total. The summed E-state index contributed by atoms with van der Waals surface area (Å²) >= 11 is 0. The maximum absolute atomic E-state index is 11.5. The van der Waals surface area contributed by atoms with Crippen LogP contribution in [0.25, 0.3) is 0 Å². The normalized spacial score (nSPS) is 11.9. The number of hydrogen-bond acceptors (Lipinski definition) is 3. The summed E-state index contributed by atoms with van der Waals surface area (Å²) in [5.41, 5.74) is 0. The van der Waals surface area contributed by atoms with Crippen LogP contribution >= 0.6 is 0 Å². The molecule has 0 aliphatic rings. The van der Waals surface area contributed by atoms with Crippen LogP contribution in [-0.2, 0) is 9.53 Å². The first-order valence-electron chi connectivity index (χ1n) is 5.75. The van der Waals surface area contributed by atoms with Crippen LogP contribution in [0.1, 0.15) is 20.3 Å². The summed E-state index contributed by atoms with van der Waals surface area (Å²) in [6.45, 7) is 5.05. The van der Waals surface area contributed by atoms with E-state index in [-0.39, 0.29) is 19.2 Å². The van der Waals surface area contributed by atoms with E-state index in [2.05, 4.69) is 19.2 Å². The zero-order chi connectivity index (χ0) is 13.3. The lowest BCUT2D eigenvalue weighted by molar-refractivity contribution is -0.142. The predicted octanol–water partition coefficient (Wildman–Crippen LogP) is 0.775. The van der Waals surface area contributed by atoms with Crippen LogP contribution in [0.3, 0.4) is 0 Å². The monoisotopic (exact) mass is 246 g/mol. The molecule has 0 saturated carbocycles. The molecule has 17 heavy (non-hydrogen) atoms. The fourth-order valence-corrected chi connectivity index (χ4v) is 1.20. The number of hydrogen-bond donors (Lipinski definition) is 2. The summed E-state index contributed by atoms with van der Waals surface area (Å²) in [5.74, 6) is -0.542. The first kappa shape index (κ1) is 15.7. The van der Waals surface area contributed by atoms with E-state index in [0.717, 1.165) is 6.42 Å². The molecule has 2 amide bonds. The van der Waals surface area contributed by atoms with Gasteiger partial charge in [-0.2, -0.15) is 0 Å². The lowest BCUT2D eigenvalue weighted by Crippen LogP contribution is -2.40. The van der Waals surface area contributed by atoms with E-state index in [1.54, 1.807) is 11.9 Å². The van der Waals surface area contributed by atoms with Gasteiger partial charge in [0, 0.05) is 20.1 Å². The molecule has 0 radical (unpaired) electrons. The minimum atomic E-state index is -1.01. The second-order valence-corrected chi connectivity index (χ2v) is 4.07. The standard InChI is InChI=1S/C11H22N2O4/c1-4-9(2)7-13(3)11(16)12-5-6-17-8-10(14)15/h9H,4-8H2,1-3H3,(H,12,16)(H,14,15). The van der Waals surface area contributed by atoms with E-state index in [1.807, 2.05) is 0 Å². The number of aliphatic carboxylic acids is 1. The number of carboxylic acids is 1. The third kappa shape index (κ3) is 8.50. The summed E-state index contributed by atoms with van der Waals surface area (Å²) in [6.07, 6.45) is 1.03. The average molecular weight is 246 g/mol. The number of carboxylic acid groups (broad SMARTS) is 1. The van der Waals surface area contributed by atoms with Gasteiger partial charge in [0.05, 0.1) is 6.61 Å². The van der Waals surface area contributed by atoms with Gasteiger partial charge in [-0.1, -0.05) is 20.3 Å². The largest absolute Gasteiger partial charge is 0.480 e. The molecule has 0 bridgehead atoms. The molecule has 0 rings (SSSR count). The molecule has 6 nitrogen and oxygen atoms in total. The van der Waals surface area contributed by atoms with Gasteiger partial charge in [-0.15, -0.1) is 0 Å². The van der Waals surface area contributed by atoms with Crippen LogP contribution in [0.5, 0.6) is 0 Å². The molecule has 1 unspecified atom stereocenters. The maximum atomic E-state index is 11.5. The first-order valence-corrected chi connectivity index (χ1v) is 5.75. The van der Waals surface area contributed by atoms with Gasteiger partial charge in [-0.25, -0.2) is 9.59 Å². The molecule has 6 heteroatoms. The third-order valence-corrected chi connectivity index (χ3v) is 2.38. The molecule has 0 aliphatic carbocycles. The van der Waals surface area contributed by atoms with Gasteiger partial charge < -0.3 is 20.1 Å². The zero-order valence-corrected chi connectivity index (χ0v) is 10.7. The number of urea groups is 1. The predicted molar refractivity (Wildman–Crippen MR) is 63.9 cm³/mol. The Morgan fingerprint density at radius 1 is 1.47 bits per heavy atom. The van der Waals surface area contributed by atoms with Gasteiger partial charge in [-0.05, 0) is 5.92 Å². The number of carbonyl (C=O) groups is 2. The second-order valence-electron chi connectivity index (χ2n) is 4.07. The number of amides is 2. The lowest BCUT2D eigenvalue weighted by Gasteiger charge is -2.21. The molecular formula is C11H22N2O4. The molecule has 100 valence electrons. The van der Waals surface area contributed by atoms with Gasteiger partial charge in [0.15, 0.2) is 0 Å². The van der Waals surface area contributed by atoms with Crippen LogP contribution in [0, 0.1) is 5.92 Å². The van der Waals surface area contributed by atoms with E-state index in [4.69, 9.17) is 9.84 Å². The van der Waals surface area contributed by atoms with E-state index in [1.165, 1.54) is 0 Å². The Balaban J connectivity index is 3.60. The number of rotatable bonds is 8. The Kier molecular flexibility index (Phi) is 8.13. The number of nitrogens with one attached hydrogen (secondary N) is 1. The quantitative estimate of drug-likeness (QED) is 0.620. The molecule has 1 atom stereocenters. The van der Waals surface area contributed by atoms with Crippen LogP contribution in [-0.4, -0.2) is 55.4 Å². The highest BCUT2D eigenvalue weighted by atomic mass is 16.5. The molecular weight excluding hydrogens is 224 g/mol. The van der Waals surface area contributed by atoms with Crippen LogP contribution in [0.15, 0.2) is 0 Å². The minimum Gasteiger partial charge on any atom is -0.480 e. The fraction of sp³-hybridized carbons (Fsp3) is 0.818. The Hall–Kier alpha value is -1.30. The molecule has 0 fully saturated rings. The van der Waals surface area contributed by atoms with E-state index in [9.17, 15) is 9.59 Å². The van der Waals surface area contributed by atoms with Crippen molar-refractivity contribution >= 4 is 12.0 Å². The Morgan fingerprint density at radius 2 is 2.12 bits per heavy atom. The van der Waals surface area contributed by atoms with E-state index in [0.29, 0.717) is 19.0 Å². The summed E-state index contributed by atoms with van der Waals surface area (Å²) in [6, 6.07) is -0.163. The van der Waals surface area contributed by atoms with Crippen molar-refractivity contribution in [3.05, 3.63) is 0 Å². The van der Waals surface area contributed by atoms with Crippen LogP contribution in [0.2, 0.25) is 0 Å². The van der Waals surface area contributed by atoms with Crippen molar-refractivity contribution < 1.29 is 19.4 Å². The van der Waals surface area contributed by atoms with Gasteiger partial charge >= 0.3 is 12.0 Å². The summed E-state index contributed by atoms with van der Waals surface area (Å²) in [4.78, 5) is 23.3. The molecule has 0 aromatic carbocycles. The van der Waals surface area contributed by atoms with Crippen molar-refractivity contribution in [1.82, 2.24) is 10.2 Å². The zero-order valence-electron chi connectivity index (χ0n) is 10.7. The van der Waals surface area contributed by atoms with Crippen molar-refractivity contribution in [2.24, 2.45) is 5.92 Å². The average Bonchev–Trinajstić information content (AvgIpc) is 2.27. The van der Waals surface area contributed by atoms with Crippen LogP contribution in [0.4, 0.5) is 4.79 Å². The third-order valence-electron chi connectivity index (χ3n) is 2.38. The maximum Gasteiger partial charge on any atom is 0.329 e. The topological polar surface area (TPSA) is 78.9 Å². The molecule has 0 aromatic heterocycles. The summed E-state index contributed by atoms with van der Waals surface area (Å²) < 4.78 is 4.79. The van der Waals surface area contributed by atoms with Gasteiger partial charge in [0.2, 0.25) is 0 Å². The lowest BCUT2D eigenvalue weighted by atomic mass is 10.1. The smallest absolute Gasteiger partial charge is 0.329 e. The Morgan fingerprint density at radius 3 is 2.65 bits per heavy atom. The highest BCUT2D eigenvalue weighted by molar-refractivity contribution is 5.73. The van der Waals surface area contributed by atoms with Crippen LogP contribution < -0.4 is 5.32 Å². The number of carbonyl (C=O) groups excluding carboxylic acids is 1. The van der Waals surface area contributed by atoms with E-state index < -0.39 is 5.97 Å². The van der Waals surface area contributed by atoms with E-state index >= 15 is 0 Å². The highest BCUT2D eigenvalue weighted by Crippen LogP contribution is 2.02. The van der Waals surface area contributed by atoms with Crippen molar-refractivity contribution in [3.8, 4) is 0 Å². The molecule has 0 spiro atoms. The molecule has 0 saturated heterocycles. The SMILES string of the molecule is CCC(C)CN(C)C(=O)NCCOCC(=O)O. The number of nitrogens with zero attached hydrogens (tertiary/aromatic N) is 1. The van der Waals surface area contributed by atoms with Crippen molar-refractivity contribution in [3.63, 3.8) is 0 Å². The molecule has 0 aliphatic heterocycles. The van der Waals surface area contributed by atoms with Gasteiger partial charge in [-0.3, -0.25) is 0 Å². The second kappa shape index (κ2) is 8.81. The molecule has 0 aromatic rings. The summed E-state index contributed by atoms with van der Waals surface area (Å²) in [7, 11) is 1.74. The number of ether oxygens (including phenoxy) is 1.